The standard InChI is InChI=1S/C13H23N3/c1-9(2)12(10(3)4)8-15-13-6-7-14-11(5)16-13/h6-7,9-10,12H,8H2,1-5H3,(H,14,15,16). The average Bonchev–Trinajstić information content (AvgIpc) is 2.16. The maximum Gasteiger partial charge on any atom is 0.129 e. The lowest BCUT2D eigenvalue weighted by molar-refractivity contribution is 0.304. The predicted molar refractivity (Wildman–Crippen MR) is 68.4 cm³/mol. The SMILES string of the molecule is Cc1nccc(NCC(C(C)C)C(C)C)n1. The molecule has 3 nitrogen and oxygen atoms in total. The summed E-state index contributed by atoms with van der Waals surface area (Å²) < 4.78 is 0. The minimum Gasteiger partial charge on any atom is -0.370 e. The fraction of sp³-hybridized carbons (Fsp3) is 0.692. The molecule has 0 amide bonds. The molecule has 1 aromatic heterocycles. The van der Waals surface area contributed by atoms with Crippen LogP contribution in [0.4, 0.5) is 5.82 Å². The Balaban J connectivity index is 2.55. The van der Waals surface area contributed by atoms with Gasteiger partial charge >= 0.3 is 0 Å². The number of rotatable bonds is 5. The van der Waals surface area contributed by atoms with Gasteiger partial charge in [0.15, 0.2) is 0 Å². The summed E-state index contributed by atoms with van der Waals surface area (Å²) in [6, 6.07) is 1.92. The quantitative estimate of drug-likeness (QED) is 0.830. The van der Waals surface area contributed by atoms with Gasteiger partial charge in [-0.2, -0.15) is 0 Å². The van der Waals surface area contributed by atoms with Crippen LogP contribution in [0.1, 0.15) is 33.5 Å². The van der Waals surface area contributed by atoms with Crippen molar-refractivity contribution in [3.05, 3.63) is 18.1 Å². The van der Waals surface area contributed by atoms with E-state index in [-0.39, 0.29) is 0 Å². The van der Waals surface area contributed by atoms with Gasteiger partial charge in [0.2, 0.25) is 0 Å². The van der Waals surface area contributed by atoms with Crippen molar-refractivity contribution in [2.24, 2.45) is 17.8 Å². The topological polar surface area (TPSA) is 37.8 Å². The Labute approximate surface area is 98.7 Å². The van der Waals surface area contributed by atoms with E-state index in [1.165, 1.54) is 0 Å². The number of nitrogens with zero attached hydrogens (tertiary/aromatic N) is 2. The molecule has 0 aliphatic carbocycles. The van der Waals surface area contributed by atoms with Crippen LogP contribution in [0.25, 0.3) is 0 Å². The van der Waals surface area contributed by atoms with Crippen LogP contribution >= 0.6 is 0 Å². The van der Waals surface area contributed by atoms with Gasteiger partial charge in [-0.25, -0.2) is 9.97 Å². The van der Waals surface area contributed by atoms with Gasteiger partial charge in [0.1, 0.15) is 11.6 Å². The van der Waals surface area contributed by atoms with Crippen LogP contribution in [-0.2, 0) is 0 Å². The lowest BCUT2D eigenvalue weighted by atomic mass is 9.85. The zero-order chi connectivity index (χ0) is 12.1. The molecule has 0 fully saturated rings. The van der Waals surface area contributed by atoms with E-state index in [1.807, 2.05) is 13.0 Å². The van der Waals surface area contributed by atoms with Gasteiger partial charge in [0, 0.05) is 12.7 Å². The Bertz CT molecular complexity index is 313. The lowest BCUT2D eigenvalue weighted by Gasteiger charge is -2.25. The predicted octanol–water partition coefficient (Wildman–Crippen LogP) is 3.13. The molecular weight excluding hydrogens is 198 g/mol. The van der Waals surface area contributed by atoms with Gasteiger partial charge in [-0.3, -0.25) is 0 Å². The normalized spacial score (nSPS) is 11.5. The molecule has 0 saturated heterocycles. The Morgan fingerprint density at radius 3 is 2.31 bits per heavy atom. The van der Waals surface area contributed by atoms with E-state index < -0.39 is 0 Å². The maximum atomic E-state index is 4.34. The molecule has 0 atom stereocenters. The van der Waals surface area contributed by atoms with Crippen molar-refractivity contribution in [1.82, 2.24) is 9.97 Å². The zero-order valence-electron chi connectivity index (χ0n) is 11.0. The molecule has 1 N–H and O–H groups in total. The highest BCUT2D eigenvalue weighted by atomic mass is 15.0. The highest BCUT2D eigenvalue weighted by molar-refractivity contribution is 5.32. The van der Waals surface area contributed by atoms with Crippen LogP contribution in [0.5, 0.6) is 0 Å². The second-order valence-electron chi connectivity index (χ2n) is 5.02. The van der Waals surface area contributed by atoms with Crippen molar-refractivity contribution >= 4 is 5.82 Å². The molecule has 0 unspecified atom stereocenters. The molecule has 0 aromatic carbocycles. The van der Waals surface area contributed by atoms with Gasteiger partial charge < -0.3 is 5.32 Å². The summed E-state index contributed by atoms with van der Waals surface area (Å²) in [5, 5.41) is 3.40. The third-order valence-corrected chi connectivity index (χ3v) is 3.01. The van der Waals surface area contributed by atoms with Crippen LogP contribution in [0.2, 0.25) is 0 Å². The Morgan fingerprint density at radius 1 is 1.19 bits per heavy atom. The first-order chi connectivity index (χ1) is 7.50. The molecule has 0 saturated carbocycles. The van der Waals surface area contributed by atoms with Crippen molar-refractivity contribution in [2.75, 3.05) is 11.9 Å². The van der Waals surface area contributed by atoms with Crippen molar-refractivity contribution in [2.45, 2.75) is 34.6 Å². The summed E-state index contributed by atoms with van der Waals surface area (Å²) in [5.74, 6) is 3.80. The molecule has 1 rings (SSSR count). The summed E-state index contributed by atoms with van der Waals surface area (Å²) in [5.41, 5.74) is 0. The van der Waals surface area contributed by atoms with E-state index in [0.29, 0.717) is 17.8 Å². The lowest BCUT2D eigenvalue weighted by Crippen LogP contribution is -2.24. The van der Waals surface area contributed by atoms with Gasteiger partial charge in [-0.05, 0) is 30.7 Å². The third kappa shape index (κ3) is 3.80. The van der Waals surface area contributed by atoms with Crippen molar-refractivity contribution in [1.29, 1.82) is 0 Å². The van der Waals surface area contributed by atoms with Gasteiger partial charge in [-0.15, -0.1) is 0 Å². The first-order valence-corrected chi connectivity index (χ1v) is 6.04. The molecule has 0 aliphatic heterocycles. The second kappa shape index (κ2) is 5.83. The number of aromatic nitrogens is 2. The smallest absolute Gasteiger partial charge is 0.129 e. The van der Waals surface area contributed by atoms with Crippen molar-refractivity contribution < 1.29 is 0 Å². The van der Waals surface area contributed by atoms with Gasteiger partial charge in [-0.1, -0.05) is 27.7 Å². The molecule has 3 heteroatoms. The summed E-state index contributed by atoms with van der Waals surface area (Å²) in [4.78, 5) is 8.43. The number of hydrogen-bond acceptors (Lipinski definition) is 3. The van der Waals surface area contributed by atoms with Crippen LogP contribution in [-0.4, -0.2) is 16.5 Å². The van der Waals surface area contributed by atoms with Crippen LogP contribution in [0.3, 0.4) is 0 Å². The summed E-state index contributed by atoms with van der Waals surface area (Å²) in [6.45, 7) is 12.0. The molecule has 16 heavy (non-hydrogen) atoms. The molecule has 0 aliphatic rings. The molecule has 0 radical (unpaired) electrons. The number of aryl methyl sites for hydroxylation is 1. The zero-order valence-corrected chi connectivity index (χ0v) is 11.0. The summed E-state index contributed by atoms with van der Waals surface area (Å²) >= 11 is 0. The fourth-order valence-corrected chi connectivity index (χ4v) is 2.02. The third-order valence-electron chi connectivity index (χ3n) is 3.01. The number of nitrogens with one attached hydrogen (secondary N) is 1. The van der Waals surface area contributed by atoms with Crippen LogP contribution in [0, 0.1) is 24.7 Å². The largest absolute Gasteiger partial charge is 0.370 e. The molecule has 0 spiro atoms. The molecule has 0 bridgehead atoms. The van der Waals surface area contributed by atoms with Gasteiger partial charge in [0.05, 0.1) is 0 Å². The minimum atomic E-state index is 0.676. The van der Waals surface area contributed by atoms with E-state index >= 15 is 0 Å². The van der Waals surface area contributed by atoms with Gasteiger partial charge in [0.25, 0.3) is 0 Å². The van der Waals surface area contributed by atoms with E-state index in [1.54, 1.807) is 6.20 Å². The average molecular weight is 221 g/mol. The van der Waals surface area contributed by atoms with E-state index in [4.69, 9.17) is 0 Å². The Hall–Kier alpha value is -1.12. The second-order valence-corrected chi connectivity index (χ2v) is 5.02. The number of hydrogen-bond donors (Lipinski definition) is 1. The molecular formula is C13H23N3. The fourth-order valence-electron chi connectivity index (χ4n) is 2.02. The summed E-state index contributed by atoms with van der Waals surface area (Å²) in [6.07, 6.45) is 1.80. The molecule has 1 heterocycles. The maximum absolute atomic E-state index is 4.34. The van der Waals surface area contributed by atoms with E-state index in [2.05, 4.69) is 43.0 Å². The molecule has 90 valence electrons. The van der Waals surface area contributed by atoms with Crippen molar-refractivity contribution in [3.8, 4) is 0 Å². The highest BCUT2D eigenvalue weighted by Gasteiger charge is 2.17. The van der Waals surface area contributed by atoms with E-state index in [0.717, 1.165) is 18.2 Å². The molecule has 1 aromatic rings. The van der Waals surface area contributed by atoms with E-state index in [9.17, 15) is 0 Å². The van der Waals surface area contributed by atoms with Crippen LogP contribution in [0.15, 0.2) is 12.3 Å². The van der Waals surface area contributed by atoms with Crippen LogP contribution < -0.4 is 5.32 Å². The minimum absolute atomic E-state index is 0.676. The number of anilines is 1. The Morgan fingerprint density at radius 2 is 1.81 bits per heavy atom. The highest BCUT2D eigenvalue weighted by Crippen LogP contribution is 2.20. The first-order valence-electron chi connectivity index (χ1n) is 6.04. The summed E-state index contributed by atoms with van der Waals surface area (Å²) in [7, 11) is 0. The monoisotopic (exact) mass is 221 g/mol. The Kier molecular flexibility index (Phi) is 4.71. The van der Waals surface area contributed by atoms with Crippen molar-refractivity contribution in [3.63, 3.8) is 0 Å². The first kappa shape index (κ1) is 12.9.